The Morgan fingerprint density at radius 1 is 1.42 bits per heavy atom. The van der Waals surface area contributed by atoms with Crippen molar-refractivity contribution in [2.45, 2.75) is 25.8 Å². The third-order valence-corrected chi connectivity index (χ3v) is 5.31. The van der Waals surface area contributed by atoms with E-state index in [1.165, 1.54) is 22.5 Å². The second kappa shape index (κ2) is 7.88. The second-order valence-electron chi connectivity index (χ2n) is 5.98. The van der Waals surface area contributed by atoms with Crippen LogP contribution in [-0.4, -0.2) is 42.0 Å². The maximum atomic E-state index is 12.9. The van der Waals surface area contributed by atoms with Crippen LogP contribution < -0.4 is 11.1 Å². The van der Waals surface area contributed by atoms with E-state index >= 15 is 0 Å². The number of amides is 1. The van der Waals surface area contributed by atoms with Crippen LogP contribution in [0.2, 0.25) is 0 Å². The number of hydrogen-bond acceptors (Lipinski definition) is 5. The second-order valence-corrected chi connectivity index (χ2v) is 6.92. The van der Waals surface area contributed by atoms with E-state index in [1.807, 2.05) is 10.3 Å². The van der Waals surface area contributed by atoms with Crippen molar-refractivity contribution in [1.82, 2.24) is 15.2 Å². The van der Waals surface area contributed by atoms with Crippen LogP contribution in [0.25, 0.3) is 0 Å². The van der Waals surface area contributed by atoms with Gasteiger partial charge in [0.2, 0.25) is 0 Å². The Labute approximate surface area is 146 Å². The van der Waals surface area contributed by atoms with Crippen LogP contribution in [-0.2, 0) is 12.8 Å². The van der Waals surface area contributed by atoms with Gasteiger partial charge in [-0.05, 0) is 24.1 Å². The van der Waals surface area contributed by atoms with Crippen LogP contribution in [0, 0.1) is 0 Å². The van der Waals surface area contributed by atoms with Crippen LogP contribution in [0.3, 0.4) is 0 Å². The molecule has 5 nitrogen and oxygen atoms in total. The van der Waals surface area contributed by atoms with E-state index in [4.69, 9.17) is 5.73 Å². The number of thiazole rings is 1. The predicted octanol–water partition coefficient (Wildman–Crippen LogP) is 1.99. The molecule has 1 aromatic heterocycles. The molecule has 0 saturated carbocycles. The van der Waals surface area contributed by atoms with Crippen LogP contribution in [0.15, 0.2) is 29.6 Å². The number of nitrogens with two attached hydrogens (primary N) is 1. The summed E-state index contributed by atoms with van der Waals surface area (Å²) in [6, 6.07) is 8.62. The molecule has 1 atom stereocenters. The number of nitrogens with zero attached hydrogens (tertiary/aromatic N) is 2. The van der Waals surface area contributed by atoms with Gasteiger partial charge in [0.25, 0.3) is 5.91 Å². The van der Waals surface area contributed by atoms with E-state index in [-0.39, 0.29) is 11.9 Å². The number of aromatic nitrogens is 1. The number of carbonyl (C=O) groups is 1. The molecular weight excluding hydrogens is 320 g/mol. The fraction of sp³-hybridized carbons (Fsp3) is 0.444. The summed E-state index contributed by atoms with van der Waals surface area (Å²) in [4.78, 5) is 19.3. The zero-order valence-electron chi connectivity index (χ0n) is 14.0. The van der Waals surface area contributed by atoms with Gasteiger partial charge in [0.15, 0.2) is 0 Å². The van der Waals surface area contributed by atoms with Gasteiger partial charge in [-0.3, -0.25) is 4.79 Å². The Balaban J connectivity index is 1.81. The zero-order valence-corrected chi connectivity index (χ0v) is 14.8. The summed E-state index contributed by atoms with van der Waals surface area (Å²) in [5.74, 6) is 0.0144. The van der Waals surface area contributed by atoms with Gasteiger partial charge in [-0.2, -0.15) is 0 Å². The lowest BCUT2D eigenvalue weighted by molar-refractivity contribution is 0.0629. The molecule has 3 N–H and O–H groups in total. The van der Waals surface area contributed by atoms with Crippen molar-refractivity contribution in [1.29, 1.82) is 0 Å². The molecule has 1 amide bonds. The lowest BCUT2D eigenvalue weighted by Gasteiger charge is -2.36. The van der Waals surface area contributed by atoms with Crippen molar-refractivity contribution in [2.75, 3.05) is 26.2 Å². The molecule has 1 aliphatic heterocycles. The van der Waals surface area contributed by atoms with Gasteiger partial charge >= 0.3 is 0 Å². The van der Waals surface area contributed by atoms with Crippen LogP contribution in [0.4, 0.5) is 0 Å². The Morgan fingerprint density at radius 2 is 2.21 bits per heavy atom. The molecule has 6 heteroatoms. The molecule has 3 rings (SSSR count). The van der Waals surface area contributed by atoms with Gasteiger partial charge in [0.05, 0.1) is 11.0 Å². The average molecular weight is 344 g/mol. The normalized spacial score (nSPS) is 17.9. The van der Waals surface area contributed by atoms with Gasteiger partial charge in [-0.1, -0.05) is 31.2 Å². The average Bonchev–Trinajstić information content (AvgIpc) is 3.10. The summed E-state index contributed by atoms with van der Waals surface area (Å²) >= 11 is 1.51. The summed E-state index contributed by atoms with van der Waals surface area (Å²) in [6.45, 7) is 4.99. The fourth-order valence-electron chi connectivity index (χ4n) is 3.02. The summed E-state index contributed by atoms with van der Waals surface area (Å²) in [7, 11) is 0. The van der Waals surface area contributed by atoms with E-state index in [9.17, 15) is 4.79 Å². The first-order valence-electron chi connectivity index (χ1n) is 8.48. The zero-order chi connectivity index (χ0) is 16.9. The van der Waals surface area contributed by atoms with Gasteiger partial charge in [0.1, 0.15) is 5.69 Å². The Bertz CT molecular complexity index is 683. The smallest absolute Gasteiger partial charge is 0.273 e. The van der Waals surface area contributed by atoms with Gasteiger partial charge in [-0.15, -0.1) is 11.3 Å². The molecule has 0 spiro atoms. The van der Waals surface area contributed by atoms with Crippen LogP contribution in [0.5, 0.6) is 0 Å². The highest BCUT2D eigenvalue weighted by Crippen LogP contribution is 2.25. The lowest BCUT2D eigenvalue weighted by Crippen LogP contribution is -2.48. The highest BCUT2D eigenvalue weighted by atomic mass is 32.1. The quantitative estimate of drug-likeness (QED) is 0.870. The number of hydrogen-bond donors (Lipinski definition) is 2. The monoisotopic (exact) mass is 344 g/mol. The molecular formula is C18H24N4OS. The van der Waals surface area contributed by atoms with Gasteiger partial charge in [-0.25, -0.2) is 4.98 Å². The number of rotatable bonds is 5. The highest BCUT2D eigenvalue weighted by Gasteiger charge is 2.29. The molecule has 128 valence electrons. The molecule has 1 fully saturated rings. The number of nitrogens with one attached hydrogen (secondary N) is 1. The minimum atomic E-state index is 0.0144. The van der Waals surface area contributed by atoms with Crippen molar-refractivity contribution in [3.8, 4) is 0 Å². The minimum absolute atomic E-state index is 0.0144. The van der Waals surface area contributed by atoms with E-state index in [2.05, 4.69) is 41.5 Å². The third kappa shape index (κ3) is 3.66. The molecule has 1 saturated heterocycles. The first-order chi connectivity index (χ1) is 11.7. The van der Waals surface area contributed by atoms with Crippen molar-refractivity contribution >= 4 is 17.2 Å². The van der Waals surface area contributed by atoms with Crippen molar-refractivity contribution < 1.29 is 4.79 Å². The summed E-state index contributed by atoms with van der Waals surface area (Å²) in [5.41, 5.74) is 8.60. The highest BCUT2D eigenvalue weighted by molar-refractivity contribution is 7.09. The lowest BCUT2D eigenvalue weighted by atomic mass is 10.0. The van der Waals surface area contributed by atoms with E-state index < -0.39 is 0 Å². The first-order valence-corrected chi connectivity index (χ1v) is 9.36. The van der Waals surface area contributed by atoms with Crippen LogP contribution in [0.1, 0.15) is 39.6 Å². The van der Waals surface area contributed by atoms with Crippen molar-refractivity contribution in [2.24, 2.45) is 5.73 Å². The number of benzene rings is 1. The predicted molar refractivity (Wildman–Crippen MR) is 97.3 cm³/mol. The van der Waals surface area contributed by atoms with E-state index in [0.717, 1.165) is 30.9 Å². The van der Waals surface area contributed by atoms with Gasteiger partial charge < -0.3 is 16.0 Å². The molecule has 1 unspecified atom stereocenters. The Hall–Kier alpha value is -1.76. The fourth-order valence-corrected chi connectivity index (χ4v) is 3.80. The third-order valence-electron chi connectivity index (χ3n) is 4.41. The molecule has 0 radical (unpaired) electrons. The molecule has 1 aliphatic rings. The maximum Gasteiger partial charge on any atom is 0.273 e. The van der Waals surface area contributed by atoms with Crippen LogP contribution >= 0.6 is 11.3 Å². The molecule has 2 heterocycles. The molecule has 1 aromatic carbocycles. The maximum absolute atomic E-state index is 12.9. The topological polar surface area (TPSA) is 71.2 Å². The number of aryl methyl sites for hydroxylation is 1. The summed E-state index contributed by atoms with van der Waals surface area (Å²) in [6.07, 6.45) is 1.75. The van der Waals surface area contributed by atoms with E-state index in [0.29, 0.717) is 18.8 Å². The largest absolute Gasteiger partial charge is 0.330 e. The molecule has 0 bridgehead atoms. The SMILES string of the molecule is CCc1ccc(C2CNCCN2C(=O)c2csc(CCN)n2)cc1. The van der Waals surface area contributed by atoms with Crippen molar-refractivity contribution in [3.05, 3.63) is 51.5 Å². The molecule has 24 heavy (non-hydrogen) atoms. The summed E-state index contributed by atoms with van der Waals surface area (Å²) < 4.78 is 0. The van der Waals surface area contributed by atoms with Crippen molar-refractivity contribution in [3.63, 3.8) is 0 Å². The first kappa shape index (κ1) is 17.1. The Kier molecular flexibility index (Phi) is 5.60. The minimum Gasteiger partial charge on any atom is -0.330 e. The number of carbonyl (C=O) groups excluding carboxylic acids is 1. The summed E-state index contributed by atoms with van der Waals surface area (Å²) in [5, 5.41) is 6.18. The molecule has 2 aromatic rings. The van der Waals surface area contributed by atoms with E-state index in [1.54, 1.807) is 0 Å². The van der Waals surface area contributed by atoms with Gasteiger partial charge in [0, 0.05) is 31.4 Å². The number of piperazine rings is 1. The Morgan fingerprint density at radius 3 is 2.92 bits per heavy atom. The molecule has 0 aliphatic carbocycles. The standard InChI is InChI=1S/C18H24N4OS/c1-2-13-3-5-14(6-4-13)16-11-20-9-10-22(16)18(23)15-12-24-17(21-15)7-8-19/h3-6,12,16,20H,2,7-11,19H2,1H3.